The summed E-state index contributed by atoms with van der Waals surface area (Å²) in [6.07, 6.45) is 13.7. The van der Waals surface area contributed by atoms with Crippen molar-refractivity contribution < 1.29 is 15.4 Å². The first-order valence-corrected chi connectivity index (χ1v) is 10.8. The Hall–Kier alpha value is -0.420. The molecule has 0 aromatic heterocycles. The average molecular weight is 364 g/mol. The van der Waals surface area contributed by atoms with Gasteiger partial charge in [-0.25, -0.2) is 5.48 Å². The van der Waals surface area contributed by atoms with Gasteiger partial charge in [0.25, 0.3) is 0 Å². The molecule has 4 N–H and O–H groups in total. The summed E-state index contributed by atoms with van der Waals surface area (Å²) >= 11 is 0. The van der Waals surface area contributed by atoms with Crippen molar-refractivity contribution in [3.63, 3.8) is 0 Å². The zero-order chi connectivity index (χ0) is 18.6. The van der Waals surface area contributed by atoms with Gasteiger partial charge in [0.05, 0.1) is 11.7 Å². The van der Waals surface area contributed by atoms with E-state index < -0.39 is 5.60 Å². The van der Waals surface area contributed by atoms with Crippen molar-refractivity contribution in [1.82, 2.24) is 5.48 Å². The maximum absolute atomic E-state index is 12.0. The fourth-order valence-electron chi connectivity index (χ4n) is 7.84. The van der Waals surface area contributed by atoms with Gasteiger partial charge >= 0.3 is 0 Å². The number of aliphatic hydroxyl groups excluding tert-OH is 1. The summed E-state index contributed by atoms with van der Waals surface area (Å²) in [5, 5.41) is 31.0. The Kier molecular flexibility index (Phi) is 4.79. The molecule has 0 spiro atoms. The highest BCUT2D eigenvalue weighted by Gasteiger charge is 2.66. The lowest BCUT2D eigenvalue weighted by atomic mass is 9.43. The van der Waals surface area contributed by atoms with Gasteiger partial charge in [-0.3, -0.25) is 0 Å². The van der Waals surface area contributed by atoms with Gasteiger partial charge in [-0.15, -0.1) is 0 Å². The van der Waals surface area contributed by atoms with E-state index in [1.807, 2.05) is 6.08 Å². The van der Waals surface area contributed by atoms with Crippen LogP contribution in [0.5, 0.6) is 0 Å². The number of hydrogen-bond donors (Lipinski definition) is 4. The Balaban J connectivity index is 1.60. The Morgan fingerprint density at radius 2 is 1.81 bits per heavy atom. The molecule has 0 saturated heterocycles. The molecule has 0 radical (unpaired) electrons. The molecule has 0 amide bonds. The van der Waals surface area contributed by atoms with E-state index in [4.69, 9.17) is 5.21 Å². The van der Waals surface area contributed by atoms with Crippen LogP contribution in [0.4, 0.5) is 0 Å². The van der Waals surface area contributed by atoms with E-state index in [2.05, 4.69) is 25.4 Å². The first kappa shape index (κ1) is 18.9. The Labute approximate surface area is 158 Å². The summed E-state index contributed by atoms with van der Waals surface area (Å²) in [4.78, 5) is 0. The molecule has 4 aliphatic rings. The van der Waals surface area contributed by atoms with Gasteiger partial charge in [0.15, 0.2) is 0 Å². The van der Waals surface area contributed by atoms with E-state index in [9.17, 15) is 10.2 Å². The molecule has 26 heavy (non-hydrogen) atoms. The van der Waals surface area contributed by atoms with E-state index in [1.54, 1.807) is 0 Å². The lowest BCUT2D eigenvalue weighted by molar-refractivity contribution is -0.207. The van der Waals surface area contributed by atoms with Crippen molar-refractivity contribution in [1.29, 1.82) is 0 Å². The average Bonchev–Trinajstić information content (AvgIpc) is 2.88. The minimum atomic E-state index is -0.554. The van der Waals surface area contributed by atoms with Crippen LogP contribution in [0.2, 0.25) is 0 Å². The van der Waals surface area contributed by atoms with Crippen LogP contribution in [0.15, 0.2) is 12.2 Å². The van der Waals surface area contributed by atoms with E-state index >= 15 is 0 Å². The third kappa shape index (κ3) is 2.56. The molecule has 4 saturated carbocycles. The molecule has 148 valence electrons. The van der Waals surface area contributed by atoms with Crippen molar-refractivity contribution in [3.05, 3.63) is 12.2 Å². The second-order valence-corrected chi connectivity index (χ2v) is 10.2. The van der Waals surface area contributed by atoms with Gasteiger partial charge in [0, 0.05) is 12.0 Å². The molecule has 8 atom stereocenters. The van der Waals surface area contributed by atoms with Crippen molar-refractivity contribution in [2.24, 2.45) is 34.5 Å². The normalized spacial score (nSPS) is 54.0. The minimum absolute atomic E-state index is 0.0441. The number of nitrogens with one attached hydrogen (secondary N) is 1. The maximum Gasteiger partial charge on any atom is 0.0737 e. The lowest BCUT2D eigenvalue weighted by Crippen LogP contribution is -2.62. The maximum atomic E-state index is 12.0. The van der Waals surface area contributed by atoms with Crippen LogP contribution >= 0.6 is 0 Å². The number of hydrogen-bond acceptors (Lipinski definition) is 4. The van der Waals surface area contributed by atoms with Crippen LogP contribution in [0.3, 0.4) is 0 Å². The highest BCUT2D eigenvalue weighted by atomic mass is 16.5. The molecule has 4 heteroatoms. The van der Waals surface area contributed by atoms with E-state index in [1.165, 1.54) is 12.8 Å². The molecule has 4 aliphatic carbocycles. The number of allylic oxidation sites excluding steroid dienone is 1. The smallest absolute Gasteiger partial charge is 0.0737 e. The zero-order valence-electron chi connectivity index (χ0n) is 16.5. The van der Waals surface area contributed by atoms with Crippen molar-refractivity contribution in [3.8, 4) is 0 Å². The van der Waals surface area contributed by atoms with E-state index in [0.29, 0.717) is 35.6 Å². The second-order valence-electron chi connectivity index (χ2n) is 10.2. The number of hydroxylamine groups is 1. The van der Waals surface area contributed by atoms with Crippen molar-refractivity contribution >= 4 is 0 Å². The molecule has 0 bridgehead atoms. The SMILES string of the molecule is C[C@]12CC[C@H](O)C[C@H]1CC[C@@H]1[C@@H]2CC[C@]2(C)[C@@H](/C=C/CNO)CC[C@]12O. The van der Waals surface area contributed by atoms with Gasteiger partial charge in [-0.2, -0.15) is 0 Å². The van der Waals surface area contributed by atoms with Gasteiger partial charge < -0.3 is 15.4 Å². The summed E-state index contributed by atoms with van der Waals surface area (Å²) in [5.74, 6) is 2.05. The summed E-state index contributed by atoms with van der Waals surface area (Å²) < 4.78 is 0. The Bertz CT molecular complexity index is 566. The predicted molar refractivity (Wildman–Crippen MR) is 102 cm³/mol. The third-order valence-electron chi connectivity index (χ3n) is 9.47. The Morgan fingerprint density at radius 1 is 1.00 bits per heavy atom. The van der Waals surface area contributed by atoms with E-state index in [0.717, 1.165) is 44.9 Å². The predicted octanol–water partition coefficient (Wildman–Crippen LogP) is 3.66. The molecule has 4 rings (SSSR count). The molecule has 4 nitrogen and oxygen atoms in total. The monoisotopic (exact) mass is 363 g/mol. The third-order valence-corrected chi connectivity index (χ3v) is 9.47. The van der Waals surface area contributed by atoms with Crippen molar-refractivity contribution in [2.45, 2.75) is 83.3 Å². The topological polar surface area (TPSA) is 72.7 Å². The first-order chi connectivity index (χ1) is 12.3. The quantitative estimate of drug-likeness (QED) is 0.456. The first-order valence-electron chi connectivity index (χ1n) is 10.8. The van der Waals surface area contributed by atoms with Gasteiger partial charge in [0.2, 0.25) is 0 Å². The van der Waals surface area contributed by atoms with Gasteiger partial charge in [-0.1, -0.05) is 26.0 Å². The lowest BCUT2D eigenvalue weighted by Gasteiger charge is -2.63. The van der Waals surface area contributed by atoms with Crippen LogP contribution in [-0.2, 0) is 0 Å². The molecule has 0 aliphatic heterocycles. The minimum Gasteiger partial charge on any atom is -0.393 e. The van der Waals surface area contributed by atoms with Crippen LogP contribution in [-0.4, -0.2) is 33.7 Å². The highest BCUT2D eigenvalue weighted by molar-refractivity contribution is 5.19. The summed E-state index contributed by atoms with van der Waals surface area (Å²) in [7, 11) is 0. The van der Waals surface area contributed by atoms with Gasteiger partial charge in [0.1, 0.15) is 0 Å². The van der Waals surface area contributed by atoms with Gasteiger partial charge in [-0.05, 0) is 86.9 Å². The summed E-state index contributed by atoms with van der Waals surface area (Å²) in [6, 6.07) is 0. The molecule has 4 fully saturated rings. The van der Waals surface area contributed by atoms with Crippen LogP contribution in [0.25, 0.3) is 0 Å². The number of fused-ring (bicyclic) bond motifs is 5. The van der Waals surface area contributed by atoms with Crippen molar-refractivity contribution in [2.75, 3.05) is 6.54 Å². The zero-order valence-corrected chi connectivity index (χ0v) is 16.5. The largest absolute Gasteiger partial charge is 0.393 e. The summed E-state index contributed by atoms with van der Waals surface area (Å²) in [6.45, 7) is 5.25. The fraction of sp³-hybridized carbons (Fsp3) is 0.909. The molecule has 0 unspecified atom stereocenters. The van der Waals surface area contributed by atoms with Crippen LogP contribution < -0.4 is 5.48 Å². The molecule has 0 aromatic rings. The highest BCUT2D eigenvalue weighted by Crippen LogP contribution is 2.69. The standard InChI is InChI=1S/C22H37NO3/c1-20-10-8-17(24)14-16(20)5-6-19-18(20)9-11-21(2)15(4-3-13-23-26)7-12-22(19,21)25/h3-4,15-19,23-26H,5-14H2,1-2H3/b4-3+/t15-,16+,17-,18-,19+,20-,21+,22-/m0/s1. The molecule has 0 heterocycles. The number of rotatable bonds is 3. The second kappa shape index (κ2) is 6.58. The summed E-state index contributed by atoms with van der Waals surface area (Å²) in [5.41, 5.74) is 1.90. The van der Waals surface area contributed by atoms with Crippen LogP contribution in [0, 0.1) is 34.5 Å². The van der Waals surface area contributed by atoms with E-state index in [-0.39, 0.29) is 11.5 Å². The van der Waals surface area contributed by atoms with Crippen LogP contribution in [0.1, 0.15) is 71.6 Å². The molecule has 0 aromatic carbocycles. The fourth-order valence-corrected chi connectivity index (χ4v) is 7.84. The Morgan fingerprint density at radius 3 is 2.58 bits per heavy atom. The number of aliphatic hydroxyl groups is 2. The molecular formula is C22H37NO3. The molecular weight excluding hydrogens is 326 g/mol.